The van der Waals surface area contributed by atoms with Crippen molar-refractivity contribution in [2.75, 3.05) is 27.2 Å². The van der Waals surface area contributed by atoms with Gasteiger partial charge in [-0.3, -0.25) is 9.48 Å². The van der Waals surface area contributed by atoms with Gasteiger partial charge >= 0.3 is 0 Å². The average molecular weight is 358 g/mol. The largest absolute Gasteiger partial charge is 0.454 e. The van der Waals surface area contributed by atoms with Gasteiger partial charge in [0, 0.05) is 31.5 Å². The second-order valence-electron chi connectivity index (χ2n) is 7.77. The summed E-state index contributed by atoms with van der Waals surface area (Å²) in [5, 5.41) is 14.5. The van der Waals surface area contributed by atoms with E-state index in [0.29, 0.717) is 30.7 Å². The number of hydrogen-bond donors (Lipinski definition) is 1. The van der Waals surface area contributed by atoms with Crippen molar-refractivity contribution in [2.45, 2.75) is 31.5 Å². The van der Waals surface area contributed by atoms with Crippen molar-refractivity contribution in [1.29, 1.82) is 0 Å². The van der Waals surface area contributed by atoms with Crippen LogP contribution in [0.25, 0.3) is 0 Å². The van der Waals surface area contributed by atoms with E-state index in [9.17, 15) is 9.90 Å². The molecule has 140 valence electrons. The van der Waals surface area contributed by atoms with Crippen molar-refractivity contribution in [1.82, 2.24) is 19.6 Å². The third kappa shape index (κ3) is 3.29. The number of hydrogen-bond acceptors (Lipinski definition) is 5. The molecule has 2 aromatic rings. The van der Waals surface area contributed by atoms with Crippen molar-refractivity contribution in [2.24, 2.45) is 11.8 Å². The predicted molar refractivity (Wildman–Crippen MR) is 95.6 cm³/mol. The Morgan fingerprint density at radius 3 is 2.77 bits per heavy atom. The normalized spacial score (nSPS) is 28.5. The van der Waals surface area contributed by atoms with Crippen LogP contribution in [0.15, 0.2) is 35.0 Å². The first-order chi connectivity index (χ1) is 12.5. The lowest BCUT2D eigenvalue weighted by atomic mass is 9.77. The monoisotopic (exact) mass is 358 g/mol. The van der Waals surface area contributed by atoms with Crippen LogP contribution in [0.2, 0.25) is 0 Å². The van der Waals surface area contributed by atoms with Gasteiger partial charge in [-0.25, -0.2) is 0 Å². The standard InChI is InChI=1S/C19H26N4O3/c1-21(2)16-8-13-10-22(11-14(13)9-17(16)24)19(25)18-5-4-15(26-18)12-23-7-3-6-20-23/h3-7,13-14,16-17,24H,8-12H2,1-2H3/t13-,14+,16-,17-/m1/s1. The van der Waals surface area contributed by atoms with Crippen LogP contribution in [0.1, 0.15) is 29.2 Å². The van der Waals surface area contributed by atoms with Crippen molar-refractivity contribution >= 4 is 5.91 Å². The summed E-state index contributed by atoms with van der Waals surface area (Å²) in [6.07, 6.45) is 4.97. The molecule has 3 heterocycles. The third-order valence-electron chi connectivity index (χ3n) is 5.81. The molecule has 1 saturated heterocycles. The molecular formula is C19H26N4O3. The molecule has 1 amide bonds. The Bertz CT molecular complexity index is 755. The van der Waals surface area contributed by atoms with E-state index >= 15 is 0 Å². The van der Waals surface area contributed by atoms with Gasteiger partial charge in [-0.2, -0.15) is 5.10 Å². The average Bonchev–Trinajstić information content (AvgIpc) is 3.33. The van der Waals surface area contributed by atoms with Gasteiger partial charge in [0.1, 0.15) is 5.76 Å². The van der Waals surface area contributed by atoms with Gasteiger partial charge in [0.25, 0.3) is 5.91 Å². The van der Waals surface area contributed by atoms with Crippen LogP contribution < -0.4 is 0 Å². The van der Waals surface area contributed by atoms with Crippen LogP contribution >= 0.6 is 0 Å². The fraction of sp³-hybridized carbons (Fsp3) is 0.579. The zero-order chi connectivity index (χ0) is 18.3. The summed E-state index contributed by atoms with van der Waals surface area (Å²) in [5.74, 6) is 1.88. The number of amides is 1. The molecule has 1 N–H and O–H groups in total. The van der Waals surface area contributed by atoms with E-state index in [1.54, 1.807) is 16.9 Å². The first kappa shape index (κ1) is 17.3. The lowest BCUT2D eigenvalue weighted by molar-refractivity contribution is 0.00940. The summed E-state index contributed by atoms with van der Waals surface area (Å²) in [4.78, 5) is 16.8. The number of likely N-dealkylation sites (N-methyl/N-ethyl adjacent to an activating group) is 1. The van der Waals surface area contributed by atoms with Crippen molar-refractivity contribution in [3.8, 4) is 0 Å². The zero-order valence-electron chi connectivity index (χ0n) is 15.3. The molecule has 0 spiro atoms. The van der Waals surface area contributed by atoms with Crippen molar-refractivity contribution in [3.05, 3.63) is 42.1 Å². The SMILES string of the molecule is CN(C)[C@@H]1C[C@@H]2CN(C(=O)c3ccc(Cn4cccn4)o3)C[C@@H]2C[C@H]1O. The Kier molecular flexibility index (Phi) is 4.58. The topological polar surface area (TPSA) is 74.7 Å². The van der Waals surface area contributed by atoms with Gasteiger partial charge in [0.05, 0.1) is 12.6 Å². The summed E-state index contributed by atoms with van der Waals surface area (Å²) in [6, 6.07) is 5.62. The first-order valence-electron chi connectivity index (χ1n) is 9.21. The Balaban J connectivity index is 1.41. The Labute approximate surface area is 153 Å². The van der Waals surface area contributed by atoms with Crippen LogP contribution in [0.3, 0.4) is 0 Å². The molecule has 0 bridgehead atoms. The molecule has 2 aliphatic rings. The number of furan rings is 1. The van der Waals surface area contributed by atoms with Crippen LogP contribution in [0.4, 0.5) is 0 Å². The van der Waals surface area contributed by atoms with Crippen LogP contribution in [0, 0.1) is 11.8 Å². The molecule has 7 heteroatoms. The zero-order valence-corrected chi connectivity index (χ0v) is 15.3. The van der Waals surface area contributed by atoms with E-state index in [4.69, 9.17) is 4.42 Å². The maximum atomic E-state index is 12.8. The van der Waals surface area contributed by atoms with Crippen molar-refractivity contribution < 1.29 is 14.3 Å². The molecule has 1 aliphatic carbocycles. The number of likely N-dealkylation sites (tertiary alicyclic amines) is 1. The molecule has 2 fully saturated rings. The Morgan fingerprint density at radius 1 is 1.31 bits per heavy atom. The van der Waals surface area contributed by atoms with Gasteiger partial charge in [-0.05, 0) is 57.0 Å². The minimum Gasteiger partial charge on any atom is -0.454 e. The summed E-state index contributed by atoms with van der Waals surface area (Å²) in [7, 11) is 4.02. The van der Waals surface area contributed by atoms with E-state index in [1.807, 2.05) is 37.3 Å². The van der Waals surface area contributed by atoms with Gasteiger partial charge in [-0.1, -0.05) is 0 Å². The molecule has 2 aromatic heterocycles. The first-order valence-corrected chi connectivity index (χ1v) is 9.21. The molecule has 26 heavy (non-hydrogen) atoms. The van der Waals surface area contributed by atoms with Crippen LogP contribution in [0.5, 0.6) is 0 Å². The number of carbonyl (C=O) groups is 1. The molecule has 7 nitrogen and oxygen atoms in total. The van der Waals surface area contributed by atoms with Crippen molar-refractivity contribution in [3.63, 3.8) is 0 Å². The highest BCUT2D eigenvalue weighted by molar-refractivity contribution is 5.91. The highest BCUT2D eigenvalue weighted by Gasteiger charge is 2.44. The summed E-state index contributed by atoms with van der Waals surface area (Å²) in [5.41, 5.74) is 0. The summed E-state index contributed by atoms with van der Waals surface area (Å²) in [6.45, 7) is 1.97. The Morgan fingerprint density at radius 2 is 2.08 bits per heavy atom. The van der Waals surface area contributed by atoms with Crippen LogP contribution in [-0.4, -0.2) is 69.9 Å². The molecule has 4 rings (SSSR count). The number of fused-ring (bicyclic) bond motifs is 1. The van der Waals surface area contributed by atoms with Crippen LogP contribution in [-0.2, 0) is 6.54 Å². The van der Waals surface area contributed by atoms with Gasteiger partial charge in [0.2, 0.25) is 0 Å². The molecule has 1 aliphatic heterocycles. The summed E-state index contributed by atoms with van der Waals surface area (Å²) >= 11 is 0. The molecule has 0 unspecified atom stereocenters. The Hall–Kier alpha value is -2.12. The highest BCUT2D eigenvalue weighted by Crippen LogP contribution is 2.38. The minimum atomic E-state index is -0.314. The predicted octanol–water partition coefficient (Wildman–Crippen LogP) is 1.30. The summed E-state index contributed by atoms with van der Waals surface area (Å²) < 4.78 is 7.52. The second-order valence-corrected chi connectivity index (χ2v) is 7.77. The number of carbonyl (C=O) groups excluding carboxylic acids is 1. The lowest BCUT2D eigenvalue weighted by Gasteiger charge is -2.38. The number of aliphatic hydroxyl groups excluding tert-OH is 1. The number of nitrogens with zero attached hydrogens (tertiary/aromatic N) is 4. The molecular weight excluding hydrogens is 332 g/mol. The fourth-order valence-electron chi connectivity index (χ4n) is 4.42. The van der Waals surface area contributed by atoms with Gasteiger partial charge < -0.3 is 19.3 Å². The number of rotatable bonds is 4. The van der Waals surface area contributed by atoms with Gasteiger partial charge in [-0.15, -0.1) is 0 Å². The maximum Gasteiger partial charge on any atom is 0.289 e. The number of aliphatic hydroxyl groups is 1. The molecule has 0 radical (unpaired) electrons. The van der Waals surface area contributed by atoms with E-state index in [-0.39, 0.29) is 18.1 Å². The van der Waals surface area contributed by atoms with E-state index < -0.39 is 0 Å². The quantitative estimate of drug-likeness (QED) is 0.892. The molecule has 4 atom stereocenters. The molecule has 0 aromatic carbocycles. The van der Waals surface area contributed by atoms with E-state index in [0.717, 1.165) is 25.1 Å². The lowest BCUT2D eigenvalue weighted by Crippen LogP contribution is -2.46. The highest BCUT2D eigenvalue weighted by atomic mass is 16.4. The third-order valence-corrected chi connectivity index (χ3v) is 5.81. The van der Waals surface area contributed by atoms with Gasteiger partial charge in [0.15, 0.2) is 5.76 Å². The number of aromatic nitrogens is 2. The fourth-order valence-corrected chi connectivity index (χ4v) is 4.42. The minimum absolute atomic E-state index is 0.0537. The maximum absolute atomic E-state index is 12.8. The smallest absolute Gasteiger partial charge is 0.289 e. The second kappa shape index (κ2) is 6.89. The molecule has 1 saturated carbocycles. The van der Waals surface area contributed by atoms with E-state index in [1.165, 1.54) is 0 Å². The van der Waals surface area contributed by atoms with E-state index in [2.05, 4.69) is 10.00 Å².